The highest BCUT2D eigenvalue weighted by atomic mass is 35.5. The molecule has 35 heavy (non-hydrogen) atoms. The van der Waals surface area contributed by atoms with Gasteiger partial charge in [-0.15, -0.1) is 0 Å². The van der Waals surface area contributed by atoms with Crippen molar-refractivity contribution in [2.75, 3.05) is 38.0 Å². The van der Waals surface area contributed by atoms with Gasteiger partial charge in [-0.25, -0.2) is 14.8 Å². The smallest absolute Gasteiger partial charge is 0.321 e. The molecule has 7 nitrogen and oxygen atoms in total. The zero-order valence-corrected chi connectivity index (χ0v) is 20.8. The second kappa shape index (κ2) is 10.1. The molecule has 2 aromatic carbocycles. The minimum absolute atomic E-state index is 0.0870. The van der Waals surface area contributed by atoms with E-state index in [9.17, 15) is 4.79 Å². The number of halogens is 1. The number of benzene rings is 2. The van der Waals surface area contributed by atoms with Crippen LogP contribution in [0.3, 0.4) is 0 Å². The lowest BCUT2D eigenvalue weighted by Gasteiger charge is -2.34. The van der Waals surface area contributed by atoms with E-state index in [0.29, 0.717) is 18.1 Å². The molecule has 0 radical (unpaired) electrons. The number of anilines is 1. The molecule has 0 saturated carbocycles. The molecule has 5 rings (SSSR count). The van der Waals surface area contributed by atoms with E-state index >= 15 is 0 Å². The van der Waals surface area contributed by atoms with Crippen molar-refractivity contribution in [3.63, 3.8) is 0 Å². The molecule has 1 aliphatic heterocycles. The van der Waals surface area contributed by atoms with E-state index in [-0.39, 0.29) is 6.03 Å². The molecule has 3 heterocycles. The topological polar surface area (TPSA) is 66.3 Å². The number of urea groups is 1. The summed E-state index contributed by atoms with van der Waals surface area (Å²) in [6, 6.07) is 17.9. The number of hydrogen-bond donors (Lipinski definition) is 1. The number of imidazole rings is 1. The van der Waals surface area contributed by atoms with Crippen LogP contribution < -0.4 is 5.32 Å². The van der Waals surface area contributed by atoms with Crippen LogP contribution in [0.25, 0.3) is 22.6 Å². The number of rotatable bonds is 5. The lowest BCUT2D eigenvalue weighted by atomic mass is 10.1. The molecule has 2 amide bonds. The number of piperazine rings is 1. The summed E-state index contributed by atoms with van der Waals surface area (Å²) in [6.07, 6.45) is 1.82. The summed E-state index contributed by atoms with van der Waals surface area (Å²) in [5, 5.41) is 3.61. The number of carbonyl (C=O) groups excluding carboxylic acids is 1. The maximum Gasteiger partial charge on any atom is 0.321 e. The van der Waals surface area contributed by atoms with Gasteiger partial charge in [-0.3, -0.25) is 4.90 Å². The molecular formula is C27H29ClN6O. The lowest BCUT2D eigenvalue weighted by molar-refractivity contribution is 0.145. The van der Waals surface area contributed by atoms with Crippen molar-refractivity contribution in [1.82, 2.24) is 24.3 Å². The van der Waals surface area contributed by atoms with E-state index in [1.165, 1.54) is 5.56 Å². The molecule has 0 spiro atoms. The molecule has 0 aliphatic carbocycles. The Bertz CT molecular complexity index is 1340. The maximum atomic E-state index is 12.7. The van der Waals surface area contributed by atoms with Crippen LogP contribution >= 0.6 is 11.6 Å². The largest absolute Gasteiger partial charge is 0.322 e. The molecule has 180 valence electrons. The Labute approximate surface area is 210 Å². The van der Waals surface area contributed by atoms with Crippen molar-refractivity contribution >= 4 is 34.5 Å². The van der Waals surface area contributed by atoms with Crippen molar-refractivity contribution in [1.29, 1.82) is 0 Å². The Morgan fingerprint density at radius 3 is 2.51 bits per heavy atom. The highest BCUT2D eigenvalue weighted by Crippen LogP contribution is 2.24. The maximum absolute atomic E-state index is 12.7. The Morgan fingerprint density at radius 2 is 1.77 bits per heavy atom. The van der Waals surface area contributed by atoms with Crippen molar-refractivity contribution in [3.05, 3.63) is 76.9 Å². The van der Waals surface area contributed by atoms with Gasteiger partial charge in [-0.1, -0.05) is 47.5 Å². The summed E-state index contributed by atoms with van der Waals surface area (Å²) in [5.41, 5.74) is 5.83. The average molecular weight is 489 g/mol. The third kappa shape index (κ3) is 5.16. The molecular weight excluding hydrogens is 460 g/mol. The Balaban J connectivity index is 1.22. The second-order valence-corrected chi connectivity index (χ2v) is 9.43. The van der Waals surface area contributed by atoms with Gasteiger partial charge in [0.2, 0.25) is 0 Å². The summed E-state index contributed by atoms with van der Waals surface area (Å²) in [7, 11) is 0. The first-order chi connectivity index (χ1) is 17.0. The number of carbonyl (C=O) groups is 1. The highest BCUT2D eigenvalue weighted by Gasteiger charge is 2.22. The van der Waals surface area contributed by atoms with Crippen LogP contribution in [0.4, 0.5) is 10.5 Å². The van der Waals surface area contributed by atoms with E-state index in [1.807, 2.05) is 42.3 Å². The fraction of sp³-hybridized carbons (Fsp3) is 0.296. The average Bonchev–Trinajstić information content (AvgIpc) is 3.24. The van der Waals surface area contributed by atoms with Crippen LogP contribution in [0.1, 0.15) is 11.1 Å². The number of amides is 2. The number of nitrogens with zero attached hydrogens (tertiary/aromatic N) is 5. The highest BCUT2D eigenvalue weighted by molar-refractivity contribution is 6.31. The molecule has 1 aliphatic rings. The van der Waals surface area contributed by atoms with E-state index < -0.39 is 0 Å². The van der Waals surface area contributed by atoms with Crippen LogP contribution in [-0.4, -0.2) is 63.1 Å². The van der Waals surface area contributed by atoms with Gasteiger partial charge in [0, 0.05) is 61.7 Å². The van der Waals surface area contributed by atoms with Crippen LogP contribution in [0.5, 0.6) is 0 Å². The minimum Gasteiger partial charge on any atom is -0.322 e. The van der Waals surface area contributed by atoms with Gasteiger partial charge in [0.1, 0.15) is 11.3 Å². The van der Waals surface area contributed by atoms with Crippen LogP contribution in [0, 0.1) is 13.8 Å². The normalized spacial score (nSPS) is 14.4. The number of fused-ring (bicyclic) bond motifs is 1. The zero-order chi connectivity index (χ0) is 24.4. The van der Waals surface area contributed by atoms with Gasteiger partial charge >= 0.3 is 6.03 Å². The summed E-state index contributed by atoms with van der Waals surface area (Å²) >= 11 is 6.19. The summed E-state index contributed by atoms with van der Waals surface area (Å²) in [6.45, 7) is 8.68. The Morgan fingerprint density at radius 1 is 1.00 bits per heavy atom. The molecule has 2 aromatic heterocycles. The quantitative estimate of drug-likeness (QED) is 0.418. The third-order valence-corrected chi connectivity index (χ3v) is 6.94. The van der Waals surface area contributed by atoms with Crippen molar-refractivity contribution in [2.45, 2.75) is 20.4 Å². The predicted molar refractivity (Wildman–Crippen MR) is 141 cm³/mol. The number of hydrogen-bond acceptors (Lipinski definition) is 4. The van der Waals surface area contributed by atoms with E-state index in [4.69, 9.17) is 16.6 Å². The summed E-state index contributed by atoms with van der Waals surface area (Å²) in [5.74, 6) is 0.938. The number of aryl methyl sites for hydroxylation is 2. The molecule has 1 saturated heterocycles. The SMILES string of the molecule is Cc1ccc(-c2nc3cccnc3n2CCN2CCN(C(=O)Nc3ccc(C)c(Cl)c3)CC2)cc1. The standard InChI is InChI=1S/C27H29ClN6O/c1-19-5-8-21(9-6-19)25-31-24-4-3-11-29-26(24)34(25)17-14-32-12-15-33(16-13-32)27(35)30-22-10-7-20(2)23(28)18-22/h3-11,18H,12-17H2,1-2H3,(H,30,35). The summed E-state index contributed by atoms with van der Waals surface area (Å²) in [4.78, 5) is 26.4. The predicted octanol–water partition coefficient (Wildman–Crippen LogP) is 5.22. The van der Waals surface area contributed by atoms with Crippen molar-refractivity contribution in [2.24, 2.45) is 0 Å². The van der Waals surface area contributed by atoms with Gasteiger partial charge in [0.05, 0.1) is 0 Å². The van der Waals surface area contributed by atoms with E-state index in [2.05, 4.69) is 51.0 Å². The minimum atomic E-state index is -0.0870. The number of pyridine rings is 1. The van der Waals surface area contributed by atoms with Gasteiger partial charge in [-0.2, -0.15) is 0 Å². The molecule has 8 heteroatoms. The Kier molecular flexibility index (Phi) is 6.70. The Hall–Kier alpha value is -3.42. The molecule has 4 aromatic rings. The van der Waals surface area contributed by atoms with Crippen LogP contribution in [-0.2, 0) is 6.54 Å². The van der Waals surface area contributed by atoms with E-state index in [1.54, 1.807) is 6.07 Å². The van der Waals surface area contributed by atoms with Crippen molar-refractivity contribution < 1.29 is 4.79 Å². The van der Waals surface area contributed by atoms with Crippen LogP contribution in [0.15, 0.2) is 60.8 Å². The van der Waals surface area contributed by atoms with Gasteiger partial charge in [0.15, 0.2) is 5.65 Å². The molecule has 0 bridgehead atoms. The van der Waals surface area contributed by atoms with E-state index in [0.717, 1.165) is 60.0 Å². The molecule has 0 atom stereocenters. The zero-order valence-electron chi connectivity index (χ0n) is 20.0. The first-order valence-corrected chi connectivity index (χ1v) is 12.3. The molecule has 1 fully saturated rings. The molecule has 1 N–H and O–H groups in total. The fourth-order valence-electron chi connectivity index (χ4n) is 4.38. The fourth-order valence-corrected chi connectivity index (χ4v) is 4.56. The monoisotopic (exact) mass is 488 g/mol. The lowest BCUT2D eigenvalue weighted by Crippen LogP contribution is -2.50. The molecule has 0 unspecified atom stereocenters. The number of aromatic nitrogens is 3. The van der Waals surface area contributed by atoms with Crippen LogP contribution in [0.2, 0.25) is 5.02 Å². The second-order valence-electron chi connectivity index (χ2n) is 9.02. The summed E-state index contributed by atoms with van der Waals surface area (Å²) < 4.78 is 2.21. The van der Waals surface area contributed by atoms with Gasteiger partial charge in [0.25, 0.3) is 0 Å². The third-order valence-electron chi connectivity index (χ3n) is 6.54. The first kappa shape index (κ1) is 23.3. The number of nitrogens with one attached hydrogen (secondary N) is 1. The van der Waals surface area contributed by atoms with Crippen molar-refractivity contribution in [3.8, 4) is 11.4 Å². The first-order valence-electron chi connectivity index (χ1n) is 11.9. The van der Waals surface area contributed by atoms with Gasteiger partial charge in [-0.05, 0) is 43.7 Å². The van der Waals surface area contributed by atoms with Gasteiger partial charge < -0.3 is 14.8 Å².